The van der Waals surface area contributed by atoms with Crippen LogP contribution in [-0.2, 0) is 27.1 Å². The molecule has 0 aromatic heterocycles. The van der Waals surface area contributed by atoms with E-state index in [1.165, 1.54) is 24.3 Å². The van der Waals surface area contributed by atoms with Crippen LogP contribution in [0.2, 0.25) is 10.0 Å². The molecule has 0 spiro atoms. The molecule has 0 aliphatic carbocycles. The topological polar surface area (TPSA) is 43.4 Å². The number of benzene rings is 2. The molecule has 0 atom stereocenters. The van der Waals surface area contributed by atoms with Gasteiger partial charge in [0.2, 0.25) is 0 Å². The second-order valence-electron chi connectivity index (χ2n) is 5.51. The summed E-state index contributed by atoms with van der Waals surface area (Å²) in [5.74, 6) is -1.27. The van der Waals surface area contributed by atoms with E-state index in [0.29, 0.717) is 21.2 Å². The predicted octanol–water partition coefficient (Wildman–Crippen LogP) is 5.73. The molecule has 0 aliphatic rings. The Kier molecular flexibility index (Phi) is 7.05. The largest absolute Gasteiger partial charge is 0.460 e. The average molecular weight is 417 g/mol. The minimum atomic E-state index is -4.43. The summed E-state index contributed by atoms with van der Waals surface area (Å²) in [5.41, 5.74) is 0.228. The van der Waals surface area contributed by atoms with Crippen LogP contribution in [0.4, 0.5) is 13.2 Å². The van der Waals surface area contributed by atoms with Gasteiger partial charge in [0.1, 0.15) is 13.0 Å². The van der Waals surface area contributed by atoms with Gasteiger partial charge in [-0.2, -0.15) is 13.2 Å². The fraction of sp³-hybridized carbons (Fsp3) is 0.158. The SMILES string of the molecule is O=C(C=Cc1ccc(Cl)c(Cl)c1)CC(=O)OCc1ccc(C(F)(F)F)cc1. The van der Waals surface area contributed by atoms with E-state index in [1.807, 2.05) is 0 Å². The summed E-state index contributed by atoms with van der Waals surface area (Å²) < 4.78 is 42.3. The summed E-state index contributed by atoms with van der Waals surface area (Å²) in [6.07, 6.45) is -2.23. The molecule has 0 bridgehead atoms. The third kappa shape index (κ3) is 6.73. The van der Waals surface area contributed by atoms with Gasteiger partial charge in [-0.1, -0.05) is 47.5 Å². The van der Waals surface area contributed by atoms with Crippen molar-refractivity contribution in [1.29, 1.82) is 0 Å². The number of carbonyl (C=O) groups is 2. The number of hydrogen-bond donors (Lipinski definition) is 0. The van der Waals surface area contributed by atoms with Gasteiger partial charge >= 0.3 is 12.1 Å². The van der Waals surface area contributed by atoms with E-state index in [0.717, 1.165) is 12.1 Å². The van der Waals surface area contributed by atoms with Crippen LogP contribution in [0.25, 0.3) is 6.08 Å². The zero-order valence-corrected chi connectivity index (χ0v) is 15.2. The minimum Gasteiger partial charge on any atom is -0.460 e. The lowest BCUT2D eigenvalue weighted by atomic mass is 10.1. The maximum Gasteiger partial charge on any atom is 0.416 e. The second-order valence-corrected chi connectivity index (χ2v) is 6.32. The van der Waals surface area contributed by atoms with Crippen molar-refractivity contribution >= 4 is 41.0 Å². The van der Waals surface area contributed by atoms with Crippen molar-refractivity contribution in [1.82, 2.24) is 0 Å². The Morgan fingerprint density at radius 1 is 1.00 bits per heavy atom. The maximum atomic E-state index is 12.5. The van der Waals surface area contributed by atoms with E-state index in [1.54, 1.807) is 18.2 Å². The summed E-state index contributed by atoms with van der Waals surface area (Å²) in [6, 6.07) is 9.01. The Labute approximate surface area is 163 Å². The number of ether oxygens (including phenoxy) is 1. The van der Waals surface area contributed by atoms with Crippen LogP contribution in [0.1, 0.15) is 23.1 Å². The molecule has 142 valence electrons. The van der Waals surface area contributed by atoms with Crippen LogP contribution in [0, 0.1) is 0 Å². The number of hydrogen-bond acceptors (Lipinski definition) is 3. The number of ketones is 1. The highest BCUT2D eigenvalue weighted by Crippen LogP contribution is 2.29. The molecule has 0 unspecified atom stereocenters. The summed E-state index contributed by atoms with van der Waals surface area (Å²) in [6.45, 7) is -0.221. The lowest BCUT2D eigenvalue weighted by Gasteiger charge is -2.08. The molecule has 0 radical (unpaired) electrons. The highest BCUT2D eigenvalue weighted by atomic mass is 35.5. The Bertz CT molecular complexity index is 859. The van der Waals surface area contributed by atoms with Gasteiger partial charge in [-0.05, 0) is 41.5 Å². The first-order valence-electron chi connectivity index (χ1n) is 7.63. The first-order chi connectivity index (χ1) is 12.6. The Morgan fingerprint density at radius 3 is 2.26 bits per heavy atom. The van der Waals surface area contributed by atoms with Crippen molar-refractivity contribution in [2.24, 2.45) is 0 Å². The van der Waals surface area contributed by atoms with E-state index in [9.17, 15) is 22.8 Å². The van der Waals surface area contributed by atoms with Crippen molar-refractivity contribution in [3.8, 4) is 0 Å². The normalized spacial score (nSPS) is 11.6. The van der Waals surface area contributed by atoms with Crippen LogP contribution in [0.15, 0.2) is 48.5 Å². The van der Waals surface area contributed by atoms with Crippen LogP contribution in [0.3, 0.4) is 0 Å². The average Bonchev–Trinajstić information content (AvgIpc) is 2.60. The standard InChI is InChI=1S/C19H13Cl2F3O3/c20-16-8-4-12(9-17(16)21)3-7-15(25)10-18(26)27-11-13-1-5-14(6-2-13)19(22,23)24/h1-9H,10-11H2. The number of esters is 1. The van der Waals surface area contributed by atoms with Crippen molar-refractivity contribution in [2.75, 3.05) is 0 Å². The molecular weight excluding hydrogens is 404 g/mol. The van der Waals surface area contributed by atoms with Crippen molar-refractivity contribution in [3.63, 3.8) is 0 Å². The van der Waals surface area contributed by atoms with E-state index in [-0.39, 0.29) is 6.61 Å². The van der Waals surface area contributed by atoms with Gasteiger partial charge in [0.25, 0.3) is 0 Å². The summed E-state index contributed by atoms with van der Waals surface area (Å²) in [4.78, 5) is 23.4. The lowest BCUT2D eigenvalue weighted by Crippen LogP contribution is -2.10. The molecule has 0 amide bonds. The van der Waals surface area contributed by atoms with Gasteiger partial charge in [-0.3, -0.25) is 9.59 Å². The zero-order valence-electron chi connectivity index (χ0n) is 13.7. The first-order valence-corrected chi connectivity index (χ1v) is 8.38. The van der Waals surface area contributed by atoms with E-state index < -0.39 is 29.9 Å². The fourth-order valence-electron chi connectivity index (χ4n) is 2.01. The molecule has 0 saturated carbocycles. The third-order valence-corrected chi connectivity index (χ3v) is 4.14. The zero-order chi connectivity index (χ0) is 20.0. The molecule has 2 aromatic carbocycles. The monoisotopic (exact) mass is 416 g/mol. The Balaban J connectivity index is 1.83. The van der Waals surface area contributed by atoms with Gasteiger partial charge in [0.15, 0.2) is 5.78 Å². The molecule has 2 rings (SSSR count). The van der Waals surface area contributed by atoms with Gasteiger partial charge in [0.05, 0.1) is 15.6 Å². The van der Waals surface area contributed by atoms with Gasteiger partial charge in [-0.15, -0.1) is 0 Å². The molecule has 0 saturated heterocycles. The van der Waals surface area contributed by atoms with E-state index >= 15 is 0 Å². The quantitative estimate of drug-likeness (QED) is 0.343. The molecule has 8 heteroatoms. The van der Waals surface area contributed by atoms with Crippen molar-refractivity contribution in [2.45, 2.75) is 19.2 Å². The maximum absolute atomic E-state index is 12.5. The highest BCUT2D eigenvalue weighted by Gasteiger charge is 2.29. The number of rotatable bonds is 6. The van der Waals surface area contributed by atoms with Gasteiger partial charge in [0, 0.05) is 0 Å². The van der Waals surface area contributed by atoms with Crippen molar-refractivity contribution < 1.29 is 27.5 Å². The van der Waals surface area contributed by atoms with E-state index in [4.69, 9.17) is 27.9 Å². The Hall–Kier alpha value is -2.31. The van der Waals surface area contributed by atoms with Gasteiger partial charge < -0.3 is 4.74 Å². The molecule has 0 N–H and O–H groups in total. The second kappa shape index (κ2) is 9.06. The third-order valence-electron chi connectivity index (χ3n) is 3.40. The van der Waals surface area contributed by atoms with Crippen LogP contribution in [-0.4, -0.2) is 11.8 Å². The lowest BCUT2D eigenvalue weighted by molar-refractivity contribution is -0.146. The van der Waals surface area contributed by atoms with Crippen LogP contribution < -0.4 is 0 Å². The van der Waals surface area contributed by atoms with Crippen molar-refractivity contribution in [3.05, 3.63) is 75.3 Å². The fourth-order valence-corrected chi connectivity index (χ4v) is 2.32. The summed E-state index contributed by atoms with van der Waals surface area (Å²) >= 11 is 11.6. The first kappa shape index (κ1) is 21.0. The number of carbonyl (C=O) groups excluding carboxylic acids is 2. The summed E-state index contributed by atoms with van der Waals surface area (Å²) in [7, 11) is 0. The van der Waals surface area contributed by atoms with E-state index in [2.05, 4.69) is 0 Å². The predicted molar refractivity (Wildman–Crippen MR) is 96.4 cm³/mol. The molecule has 0 fully saturated rings. The molecular formula is C19H13Cl2F3O3. The van der Waals surface area contributed by atoms with Crippen LogP contribution >= 0.6 is 23.2 Å². The Morgan fingerprint density at radius 2 is 1.67 bits per heavy atom. The van der Waals surface area contributed by atoms with Gasteiger partial charge in [-0.25, -0.2) is 0 Å². The molecule has 27 heavy (non-hydrogen) atoms. The smallest absolute Gasteiger partial charge is 0.416 e. The molecule has 2 aromatic rings. The highest BCUT2D eigenvalue weighted by molar-refractivity contribution is 6.42. The van der Waals surface area contributed by atoms with Crippen LogP contribution in [0.5, 0.6) is 0 Å². The number of allylic oxidation sites excluding steroid dienone is 1. The molecule has 3 nitrogen and oxygen atoms in total. The minimum absolute atomic E-state index is 0.221. The summed E-state index contributed by atoms with van der Waals surface area (Å²) in [5, 5.41) is 0.717. The number of alkyl halides is 3. The molecule has 0 aliphatic heterocycles. The molecule has 0 heterocycles. The number of halogens is 5.